The molecule has 0 fully saturated rings. The Bertz CT molecular complexity index is 478. The van der Waals surface area contributed by atoms with Crippen LogP contribution in [0.4, 0.5) is 0 Å². The fourth-order valence-corrected chi connectivity index (χ4v) is 2.10. The summed E-state index contributed by atoms with van der Waals surface area (Å²) in [5.74, 6) is 2.81. The maximum absolute atomic E-state index is 5.63. The molecule has 7 nitrogen and oxygen atoms in total. The Hall–Kier alpha value is -1.76. The second-order valence-corrected chi connectivity index (χ2v) is 4.97. The first kappa shape index (κ1) is 13.7. The zero-order valence-corrected chi connectivity index (χ0v) is 11.3. The van der Waals surface area contributed by atoms with Crippen molar-refractivity contribution in [3.05, 3.63) is 12.2 Å². The predicted octanol–water partition coefficient (Wildman–Crippen LogP) is 1.41. The van der Waals surface area contributed by atoms with Gasteiger partial charge in [-0.25, -0.2) is 4.98 Å². The number of aromatic nitrogens is 5. The summed E-state index contributed by atoms with van der Waals surface area (Å²) in [6, 6.07) is 0. The van der Waals surface area contributed by atoms with Crippen molar-refractivity contribution in [3.8, 4) is 11.6 Å². The fraction of sp³-hybridized carbons (Fsp3) is 0.667. The Morgan fingerprint density at radius 2 is 2.21 bits per heavy atom. The Morgan fingerprint density at radius 1 is 1.37 bits per heavy atom. The molecular formula is C12H20N6O. The molecule has 0 saturated carbocycles. The molecule has 0 aliphatic carbocycles. The number of aromatic amines is 1. The molecule has 0 aliphatic rings. The van der Waals surface area contributed by atoms with Gasteiger partial charge in [0.05, 0.1) is 0 Å². The van der Waals surface area contributed by atoms with E-state index in [1.165, 1.54) is 6.33 Å². The van der Waals surface area contributed by atoms with Crippen molar-refractivity contribution in [3.63, 3.8) is 0 Å². The average molecular weight is 264 g/mol. The summed E-state index contributed by atoms with van der Waals surface area (Å²) >= 11 is 0. The van der Waals surface area contributed by atoms with E-state index in [-0.39, 0.29) is 0 Å². The lowest BCUT2D eigenvalue weighted by atomic mass is 9.88. The van der Waals surface area contributed by atoms with Gasteiger partial charge in [-0.3, -0.25) is 5.10 Å². The molecule has 0 radical (unpaired) electrons. The minimum absolute atomic E-state index is 0.451. The molecule has 104 valence electrons. The molecule has 0 aliphatic heterocycles. The number of hydrogen-bond acceptors (Lipinski definition) is 6. The molecule has 3 N–H and O–H groups in total. The Balaban J connectivity index is 1.93. The molecule has 1 unspecified atom stereocenters. The van der Waals surface area contributed by atoms with Gasteiger partial charge in [0.1, 0.15) is 6.33 Å². The summed E-state index contributed by atoms with van der Waals surface area (Å²) in [4.78, 5) is 8.29. The van der Waals surface area contributed by atoms with E-state index in [9.17, 15) is 0 Å². The highest BCUT2D eigenvalue weighted by Crippen LogP contribution is 2.21. The van der Waals surface area contributed by atoms with Crippen molar-refractivity contribution in [2.24, 2.45) is 17.6 Å². The molecule has 19 heavy (non-hydrogen) atoms. The first-order chi connectivity index (χ1) is 9.20. The standard InChI is InChI=1S/C12H20N6O/c1-8(2)9(5-6-13)3-4-10-16-12(18-19-10)11-14-7-15-17-11/h7-9H,3-6,13H2,1-2H3,(H,14,15,17). The number of hydrogen-bond donors (Lipinski definition) is 2. The molecule has 0 amide bonds. The minimum atomic E-state index is 0.451. The van der Waals surface area contributed by atoms with Crippen LogP contribution < -0.4 is 5.73 Å². The Labute approximate surface area is 112 Å². The first-order valence-electron chi connectivity index (χ1n) is 6.59. The first-order valence-corrected chi connectivity index (χ1v) is 6.59. The van der Waals surface area contributed by atoms with Gasteiger partial charge in [-0.05, 0) is 31.2 Å². The van der Waals surface area contributed by atoms with E-state index in [1.807, 2.05) is 0 Å². The Kier molecular flexibility index (Phi) is 4.62. The third kappa shape index (κ3) is 3.60. The smallest absolute Gasteiger partial charge is 0.239 e. The minimum Gasteiger partial charge on any atom is -0.339 e. The molecule has 7 heteroatoms. The largest absolute Gasteiger partial charge is 0.339 e. The van der Waals surface area contributed by atoms with Crippen molar-refractivity contribution < 1.29 is 4.52 Å². The number of H-pyrrole nitrogens is 1. The molecule has 2 aromatic rings. The van der Waals surface area contributed by atoms with Crippen LogP contribution in [0.5, 0.6) is 0 Å². The van der Waals surface area contributed by atoms with Crippen LogP contribution in [-0.4, -0.2) is 31.9 Å². The highest BCUT2D eigenvalue weighted by Gasteiger charge is 2.16. The van der Waals surface area contributed by atoms with Gasteiger partial charge in [0.2, 0.25) is 11.7 Å². The molecule has 0 aromatic carbocycles. The van der Waals surface area contributed by atoms with Gasteiger partial charge in [-0.1, -0.05) is 19.0 Å². The lowest BCUT2D eigenvalue weighted by Gasteiger charge is -2.18. The van der Waals surface area contributed by atoms with Gasteiger partial charge < -0.3 is 10.3 Å². The highest BCUT2D eigenvalue weighted by molar-refractivity contribution is 5.39. The van der Waals surface area contributed by atoms with E-state index in [0.29, 0.717) is 29.4 Å². The number of nitrogens with two attached hydrogens (primary N) is 1. The lowest BCUT2D eigenvalue weighted by Crippen LogP contribution is -2.15. The highest BCUT2D eigenvalue weighted by atomic mass is 16.5. The van der Waals surface area contributed by atoms with Crippen molar-refractivity contribution >= 4 is 0 Å². The van der Waals surface area contributed by atoms with Crippen LogP contribution in [0.15, 0.2) is 10.9 Å². The van der Waals surface area contributed by atoms with Crippen LogP contribution >= 0.6 is 0 Å². The van der Waals surface area contributed by atoms with Crippen molar-refractivity contribution in [1.29, 1.82) is 0 Å². The van der Waals surface area contributed by atoms with E-state index in [2.05, 4.69) is 39.2 Å². The molecule has 2 rings (SSSR count). The van der Waals surface area contributed by atoms with E-state index in [0.717, 1.165) is 25.8 Å². The van der Waals surface area contributed by atoms with E-state index < -0.39 is 0 Å². The fourth-order valence-electron chi connectivity index (χ4n) is 2.10. The monoisotopic (exact) mass is 264 g/mol. The van der Waals surface area contributed by atoms with E-state index in [4.69, 9.17) is 10.3 Å². The van der Waals surface area contributed by atoms with Gasteiger partial charge in [0.15, 0.2) is 5.82 Å². The maximum atomic E-state index is 5.63. The molecular weight excluding hydrogens is 244 g/mol. The van der Waals surface area contributed by atoms with E-state index in [1.54, 1.807) is 0 Å². The van der Waals surface area contributed by atoms with Crippen LogP contribution in [0.1, 0.15) is 32.6 Å². The van der Waals surface area contributed by atoms with E-state index >= 15 is 0 Å². The van der Waals surface area contributed by atoms with Gasteiger partial charge in [-0.2, -0.15) is 10.1 Å². The summed E-state index contributed by atoms with van der Waals surface area (Å²) in [7, 11) is 0. The SMILES string of the molecule is CC(C)C(CCN)CCc1nc(-c2ncn[nH]2)no1. The van der Waals surface area contributed by atoms with Crippen LogP contribution in [-0.2, 0) is 6.42 Å². The molecule has 1 atom stereocenters. The average Bonchev–Trinajstić information content (AvgIpc) is 3.04. The van der Waals surface area contributed by atoms with Gasteiger partial charge in [-0.15, -0.1) is 0 Å². The normalized spacial score (nSPS) is 13.1. The summed E-state index contributed by atoms with van der Waals surface area (Å²) in [5.41, 5.74) is 5.63. The third-order valence-corrected chi connectivity index (χ3v) is 3.30. The van der Waals surface area contributed by atoms with Gasteiger partial charge >= 0.3 is 0 Å². The summed E-state index contributed by atoms with van der Waals surface area (Å²) in [5, 5.41) is 10.3. The van der Waals surface area contributed by atoms with Crippen LogP contribution in [0, 0.1) is 11.8 Å². The van der Waals surface area contributed by atoms with Crippen LogP contribution in [0.3, 0.4) is 0 Å². The summed E-state index contributed by atoms with van der Waals surface area (Å²) < 4.78 is 5.22. The lowest BCUT2D eigenvalue weighted by molar-refractivity contribution is 0.313. The van der Waals surface area contributed by atoms with Crippen molar-refractivity contribution in [2.75, 3.05) is 6.54 Å². The van der Waals surface area contributed by atoms with Crippen molar-refractivity contribution in [1.82, 2.24) is 25.3 Å². The van der Waals surface area contributed by atoms with Gasteiger partial charge in [0.25, 0.3) is 0 Å². The second-order valence-electron chi connectivity index (χ2n) is 4.97. The number of rotatable bonds is 7. The molecule has 2 aromatic heterocycles. The molecule has 0 spiro atoms. The van der Waals surface area contributed by atoms with Crippen molar-refractivity contribution in [2.45, 2.75) is 33.1 Å². The number of nitrogens with one attached hydrogen (secondary N) is 1. The molecule has 2 heterocycles. The number of aryl methyl sites for hydroxylation is 1. The van der Waals surface area contributed by atoms with Crippen LogP contribution in [0.2, 0.25) is 0 Å². The topological polar surface area (TPSA) is 107 Å². The Morgan fingerprint density at radius 3 is 2.84 bits per heavy atom. The maximum Gasteiger partial charge on any atom is 0.239 e. The summed E-state index contributed by atoms with van der Waals surface area (Å²) in [6.45, 7) is 5.15. The third-order valence-electron chi connectivity index (χ3n) is 3.30. The second kappa shape index (κ2) is 6.42. The van der Waals surface area contributed by atoms with Gasteiger partial charge in [0, 0.05) is 6.42 Å². The quantitative estimate of drug-likeness (QED) is 0.783. The molecule has 0 bridgehead atoms. The van der Waals surface area contributed by atoms with Crippen LogP contribution in [0.25, 0.3) is 11.6 Å². The zero-order chi connectivity index (χ0) is 13.7. The molecule has 0 saturated heterocycles. The predicted molar refractivity (Wildman–Crippen MR) is 70.0 cm³/mol. The number of nitrogens with zero attached hydrogens (tertiary/aromatic N) is 4. The zero-order valence-electron chi connectivity index (χ0n) is 11.3. The summed E-state index contributed by atoms with van der Waals surface area (Å²) in [6.07, 6.45) is 4.22.